The zero-order valence-electron chi connectivity index (χ0n) is 15.2. The standard InChI is InChI=1S/C19H17BrN6O2/c1-11-5-4-7-21-15(11)18-23-24-19(28-18)16-13-9-12(20)10-22-17(13)26(25-16)14-6-2-3-8-27-14/h4-5,7,9-10,14H,2-3,6,8H2,1H3. The van der Waals surface area contributed by atoms with Gasteiger partial charge in [0.1, 0.15) is 5.69 Å². The fourth-order valence-electron chi connectivity index (χ4n) is 3.40. The summed E-state index contributed by atoms with van der Waals surface area (Å²) < 4.78 is 14.5. The highest BCUT2D eigenvalue weighted by atomic mass is 79.9. The molecule has 5 heterocycles. The smallest absolute Gasteiger partial charge is 0.269 e. The van der Waals surface area contributed by atoms with E-state index < -0.39 is 0 Å². The van der Waals surface area contributed by atoms with E-state index in [1.165, 1.54) is 0 Å². The van der Waals surface area contributed by atoms with Crippen LogP contribution < -0.4 is 0 Å². The Balaban J connectivity index is 1.63. The van der Waals surface area contributed by atoms with Gasteiger partial charge in [-0.25, -0.2) is 9.67 Å². The summed E-state index contributed by atoms with van der Waals surface area (Å²) >= 11 is 3.49. The second kappa shape index (κ2) is 7.06. The van der Waals surface area contributed by atoms with Gasteiger partial charge in [-0.1, -0.05) is 6.07 Å². The topological polar surface area (TPSA) is 91.8 Å². The predicted molar refractivity (Wildman–Crippen MR) is 105 cm³/mol. The van der Waals surface area contributed by atoms with Gasteiger partial charge in [-0.2, -0.15) is 5.10 Å². The lowest BCUT2D eigenvalue weighted by molar-refractivity contribution is -0.0369. The molecule has 0 radical (unpaired) electrons. The van der Waals surface area contributed by atoms with E-state index in [-0.39, 0.29) is 6.23 Å². The Hall–Kier alpha value is -2.65. The summed E-state index contributed by atoms with van der Waals surface area (Å²) in [6.07, 6.45) is 6.39. The molecule has 28 heavy (non-hydrogen) atoms. The van der Waals surface area contributed by atoms with Crippen LogP contribution in [0.3, 0.4) is 0 Å². The average molecular weight is 441 g/mol. The molecule has 4 aromatic rings. The SMILES string of the molecule is Cc1cccnc1-c1nnc(-c2nn(C3CCCCO3)c3ncc(Br)cc23)o1. The second-order valence-electron chi connectivity index (χ2n) is 6.72. The van der Waals surface area contributed by atoms with E-state index in [4.69, 9.17) is 14.3 Å². The average Bonchev–Trinajstić information content (AvgIpc) is 3.33. The molecule has 0 amide bonds. The van der Waals surface area contributed by atoms with Gasteiger partial charge < -0.3 is 9.15 Å². The lowest BCUT2D eigenvalue weighted by Crippen LogP contribution is -2.19. The Kier molecular flexibility index (Phi) is 4.40. The zero-order chi connectivity index (χ0) is 19.1. The van der Waals surface area contributed by atoms with Gasteiger partial charge >= 0.3 is 0 Å². The molecule has 0 aromatic carbocycles. The van der Waals surface area contributed by atoms with Crippen LogP contribution in [0.1, 0.15) is 31.1 Å². The first-order valence-corrected chi connectivity index (χ1v) is 9.91. The first-order chi connectivity index (χ1) is 13.7. The molecule has 142 valence electrons. The fourth-order valence-corrected chi connectivity index (χ4v) is 3.73. The maximum Gasteiger partial charge on any atom is 0.269 e. The van der Waals surface area contributed by atoms with Crippen LogP contribution in [-0.2, 0) is 4.74 Å². The second-order valence-corrected chi connectivity index (χ2v) is 7.64. The molecule has 1 atom stereocenters. The summed E-state index contributed by atoms with van der Waals surface area (Å²) in [6, 6.07) is 5.79. The molecular weight excluding hydrogens is 424 g/mol. The molecule has 0 N–H and O–H groups in total. The number of nitrogens with zero attached hydrogens (tertiary/aromatic N) is 6. The summed E-state index contributed by atoms with van der Waals surface area (Å²) in [5.41, 5.74) is 2.96. The Bertz CT molecular complexity index is 1150. The molecule has 0 saturated carbocycles. The summed E-state index contributed by atoms with van der Waals surface area (Å²) in [7, 11) is 0. The maximum absolute atomic E-state index is 5.94. The van der Waals surface area contributed by atoms with Gasteiger partial charge in [0.25, 0.3) is 11.8 Å². The lowest BCUT2D eigenvalue weighted by atomic mass is 10.2. The molecule has 1 fully saturated rings. The Morgan fingerprint density at radius 1 is 1.14 bits per heavy atom. The third kappa shape index (κ3) is 3.00. The molecule has 5 rings (SSSR count). The van der Waals surface area contributed by atoms with Gasteiger partial charge in [0.05, 0.1) is 5.39 Å². The zero-order valence-corrected chi connectivity index (χ0v) is 16.8. The number of fused-ring (bicyclic) bond motifs is 1. The highest BCUT2D eigenvalue weighted by Gasteiger charge is 2.25. The number of hydrogen-bond acceptors (Lipinski definition) is 7. The van der Waals surface area contributed by atoms with Crippen molar-refractivity contribution in [3.63, 3.8) is 0 Å². The maximum atomic E-state index is 5.94. The van der Waals surface area contributed by atoms with Gasteiger partial charge in [0, 0.05) is 23.5 Å². The van der Waals surface area contributed by atoms with E-state index in [1.54, 1.807) is 12.4 Å². The number of aryl methyl sites for hydroxylation is 1. The summed E-state index contributed by atoms with van der Waals surface area (Å²) in [5, 5.41) is 14.0. The van der Waals surface area contributed by atoms with Crippen LogP contribution >= 0.6 is 15.9 Å². The third-order valence-corrected chi connectivity index (χ3v) is 5.21. The van der Waals surface area contributed by atoms with E-state index >= 15 is 0 Å². The number of hydrogen-bond donors (Lipinski definition) is 0. The number of ether oxygens (including phenoxy) is 1. The van der Waals surface area contributed by atoms with Crippen molar-refractivity contribution < 1.29 is 9.15 Å². The van der Waals surface area contributed by atoms with E-state index in [2.05, 4.69) is 36.1 Å². The van der Waals surface area contributed by atoms with Crippen molar-refractivity contribution in [2.75, 3.05) is 6.61 Å². The van der Waals surface area contributed by atoms with Gasteiger partial charge in [-0.05, 0) is 59.8 Å². The normalized spacial score (nSPS) is 17.3. The Morgan fingerprint density at radius 2 is 2.00 bits per heavy atom. The van der Waals surface area contributed by atoms with E-state index in [0.717, 1.165) is 46.9 Å². The van der Waals surface area contributed by atoms with Crippen LogP contribution in [0.2, 0.25) is 0 Å². The lowest BCUT2D eigenvalue weighted by Gasteiger charge is -2.22. The van der Waals surface area contributed by atoms with Crippen molar-refractivity contribution in [2.45, 2.75) is 32.4 Å². The van der Waals surface area contributed by atoms with Crippen molar-refractivity contribution in [3.8, 4) is 23.2 Å². The Morgan fingerprint density at radius 3 is 2.79 bits per heavy atom. The van der Waals surface area contributed by atoms with Crippen molar-refractivity contribution in [3.05, 3.63) is 40.6 Å². The molecule has 4 aromatic heterocycles. The molecule has 9 heteroatoms. The van der Waals surface area contributed by atoms with Crippen LogP contribution in [0.15, 0.2) is 39.5 Å². The molecule has 0 aliphatic carbocycles. The van der Waals surface area contributed by atoms with E-state index in [0.29, 0.717) is 23.2 Å². The molecule has 0 spiro atoms. The van der Waals surface area contributed by atoms with Gasteiger partial charge in [0.15, 0.2) is 17.6 Å². The molecule has 1 aliphatic heterocycles. The first kappa shape index (κ1) is 17.4. The number of aromatic nitrogens is 6. The summed E-state index contributed by atoms with van der Waals surface area (Å²) in [6.45, 7) is 2.68. The van der Waals surface area contributed by atoms with Gasteiger partial charge in [0.2, 0.25) is 0 Å². The monoisotopic (exact) mass is 440 g/mol. The third-order valence-electron chi connectivity index (χ3n) is 4.78. The highest BCUT2D eigenvalue weighted by Crippen LogP contribution is 2.33. The van der Waals surface area contributed by atoms with E-state index in [9.17, 15) is 0 Å². The number of pyridine rings is 2. The Labute approximate surface area is 169 Å². The first-order valence-electron chi connectivity index (χ1n) is 9.12. The van der Waals surface area contributed by atoms with Crippen LogP contribution in [0.4, 0.5) is 0 Å². The minimum absolute atomic E-state index is 0.140. The van der Waals surface area contributed by atoms with Crippen molar-refractivity contribution in [1.82, 2.24) is 29.9 Å². The van der Waals surface area contributed by atoms with Gasteiger partial charge in [-0.3, -0.25) is 4.98 Å². The minimum atomic E-state index is -0.140. The van der Waals surface area contributed by atoms with Crippen molar-refractivity contribution in [2.24, 2.45) is 0 Å². The van der Waals surface area contributed by atoms with Crippen LogP contribution in [0, 0.1) is 6.92 Å². The van der Waals surface area contributed by atoms with Crippen molar-refractivity contribution in [1.29, 1.82) is 0 Å². The summed E-state index contributed by atoms with van der Waals surface area (Å²) in [4.78, 5) is 8.90. The van der Waals surface area contributed by atoms with Gasteiger partial charge in [-0.15, -0.1) is 10.2 Å². The van der Waals surface area contributed by atoms with Crippen LogP contribution in [-0.4, -0.2) is 36.6 Å². The molecule has 1 unspecified atom stereocenters. The molecular formula is C19H17BrN6O2. The van der Waals surface area contributed by atoms with Crippen molar-refractivity contribution >= 4 is 27.0 Å². The number of halogens is 1. The predicted octanol–water partition coefficient (Wildman–Crippen LogP) is 4.31. The molecule has 0 bridgehead atoms. The number of rotatable bonds is 3. The van der Waals surface area contributed by atoms with E-state index in [1.807, 2.05) is 29.8 Å². The molecule has 8 nitrogen and oxygen atoms in total. The van der Waals surface area contributed by atoms with Crippen LogP contribution in [0.25, 0.3) is 34.2 Å². The largest absolute Gasteiger partial charge is 0.413 e. The minimum Gasteiger partial charge on any atom is -0.413 e. The fraction of sp³-hybridized carbons (Fsp3) is 0.316. The molecule has 1 saturated heterocycles. The summed E-state index contributed by atoms with van der Waals surface area (Å²) in [5.74, 6) is 0.701. The van der Waals surface area contributed by atoms with Crippen LogP contribution in [0.5, 0.6) is 0 Å². The molecule has 1 aliphatic rings. The quantitative estimate of drug-likeness (QED) is 0.468. The highest BCUT2D eigenvalue weighted by molar-refractivity contribution is 9.10.